The van der Waals surface area contributed by atoms with Crippen LogP contribution in [-0.4, -0.2) is 35.7 Å². The lowest BCUT2D eigenvalue weighted by Gasteiger charge is -2.37. The molecule has 6 heteroatoms. The minimum Gasteiger partial charge on any atom is -0.507 e. The Balaban J connectivity index is 2.38. The molecule has 0 aliphatic heterocycles. The molecule has 3 aromatic carbocycles. The molecule has 0 aromatic heterocycles. The molecule has 2 N–H and O–H groups in total. The molecule has 3 aromatic rings. The molecule has 0 radical (unpaired) electrons. The third kappa shape index (κ3) is 8.57. The summed E-state index contributed by atoms with van der Waals surface area (Å²) < 4.78 is 12.8. The van der Waals surface area contributed by atoms with Gasteiger partial charge in [-0.3, -0.25) is 4.99 Å². The summed E-state index contributed by atoms with van der Waals surface area (Å²) in [7, 11) is 0. The van der Waals surface area contributed by atoms with E-state index < -0.39 is 11.6 Å². The molecular formula is C38H52ClNO4. The lowest BCUT2D eigenvalue weighted by molar-refractivity contribution is 0.0519. The largest absolute Gasteiger partial charge is 0.507 e. The Morgan fingerprint density at radius 1 is 0.773 bits per heavy atom. The van der Waals surface area contributed by atoms with Crippen molar-refractivity contribution in [1.82, 2.24) is 0 Å². The summed E-state index contributed by atoms with van der Waals surface area (Å²) in [6.07, 6.45) is 5.35. The van der Waals surface area contributed by atoms with Crippen LogP contribution in [-0.2, 0) is 16.4 Å². The first kappa shape index (κ1) is 35.5. The lowest BCUT2D eigenvalue weighted by Crippen LogP contribution is -2.39. The number of phenolic OH excluding ortho intramolecular Hbond substituents is 1. The van der Waals surface area contributed by atoms with Gasteiger partial charge < -0.3 is 19.7 Å². The normalized spacial score (nSPS) is 13.3. The first-order valence-electron chi connectivity index (χ1n) is 15.9. The van der Waals surface area contributed by atoms with Crippen molar-refractivity contribution in [1.29, 1.82) is 0 Å². The quantitative estimate of drug-likeness (QED) is 0.147. The van der Waals surface area contributed by atoms with Gasteiger partial charge in [-0.1, -0.05) is 92.0 Å². The summed E-state index contributed by atoms with van der Waals surface area (Å²) in [6.45, 7) is 20.2. The van der Waals surface area contributed by atoms with Crippen LogP contribution in [0.4, 0.5) is 0 Å². The molecule has 0 aliphatic rings. The Morgan fingerprint density at radius 3 is 1.68 bits per heavy atom. The maximum atomic E-state index is 13.3. The Morgan fingerprint density at radius 2 is 1.25 bits per heavy atom. The van der Waals surface area contributed by atoms with Gasteiger partial charge in [-0.2, -0.15) is 0 Å². The Bertz CT molecular complexity index is 1350. The van der Waals surface area contributed by atoms with Crippen LogP contribution in [0.1, 0.15) is 116 Å². The number of phenols is 1. The molecule has 0 saturated carbocycles. The molecule has 0 heterocycles. The standard InChI is InChI=1S/C38H52ClNO4/c1-10-12-20-43-34-18-14-28(36(4,5)6)23-31(34)38(42,26(3)40-25-27-22-30(39)16-17-33(27)41)32-24-29(37(7,8)9)15-19-35(32)44-21-13-11-2/h14-19,22-26,41-42H,10-13,20-21H2,1-9H3. The zero-order valence-electron chi connectivity index (χ0n) is 28.1. The van der Waals surface area contributed by atoms with Crippen molar-refractivity contribution in [3.63, 3.8) is 0 Å². The van der Waals surface area contributed by atoms with Gasteiger partial charge in [-0.15, -0.1) is 0 Å². The summed E-state index contributed by atoms with van der Waals surface area (Å²) in [5, 5.41) is 24.3. The van der Waals surface area contributed by atoms with Crippen molar-refractivity contribution in [2.45, 2.75) is 110 Å². The molecule has 0 saturated heterocycles. The minimum absolute atomic E-state index is 0.0607. The number of aliphatic hydroxyl groups is 1. The minimum atomic E-state index is -1.66. The Hall–Kier alpha value is -3.02. The van der Waals surface area contributed by atoms with E-state index in [1.807, 2.05) is 19.1 Å². The fourth-order valence-corrected chi connectivity index (χ4v) is 5.20. The van der Waals surface area contributed by atoms with E-state index >= 15 is 0 Å². The van der Waals surface area contributed by atoms with Crippen LogP contribution in [0.3, 0.4) is 0 Å². The second-order valence-electron chi connectivity index (χ2n) is 13.7. The van der Waals surface area contributed by atoms with Crippen LogP contribution in [0.2, 0.25) is 5.02 Å². The molecule has 0 spiro atoms. The second kappa shape index (κ2) is 14.8. The van der Waals surface area contributed by atoms with E-state index in [0.717, 1.165) is 36.8 Å². The summed E-state index contributed by atoms with van der Waals surface area (Å²) >= 11 is 6.24. The highest BCUT2D eigenvalue weighted by atomic mass is 35.5. The predicted octanol–water partition coefficient (Wildman–Crippen LogP) is 9.74. The summed E-state index contributed by atoms with van der Waals surface area (Å²) in [6, 6.07) is 16.3. The van der Waals surface area contributed by atoms with Gasteiger partial charge in [-0.05, 0) is 84.2 Å². The van der Waals surface area contributed by atoms with Crippen molar-refractivity contribution >= 4 is 17.8 Å². The van der Waals surface area contributed by atoms with Crippen LogP contribution >= 0.6 is 11.6 Å². The molecule has 0 aliphatic carbocycles. The topological polar surface area (TPSA) is 71.3 Å². The molecule has 3 rings (SSSR count). The SMILES string of the molecule is CCCCOc1ccc(C(C)(C)C)cc1C(O)(c1cc(C(C)(C)C)ccc1OCCCC)C(C)N=Cc1cc(Cl)ccc1O. The monoisotopic (exact) mass is 621 g/mol. The van der Waals surface area contributed by atoms with Gasteiger partial charge in [0.1, 0.15) is 22.8 Å². The predicted molar refractivity (Wildman–Crippen MR) is 184 cm³/mol. The lowest BCUT2D eigenvalue weighted by atomic mass is 9.75. The van der Waals surface area contributed by atoms with Gasteiger partial charge >= 0.3 is 0 Å². The Labute approximate surface area is 270 Å². The van der Waals surface area contributed by atoms with Crippen LogP contribution in [0.5, 0.6) is 17.2 Å². The van der Waals surface area contributed by atoms with E-state index in [-0.39, 0.29) is 16.6 Å². The number of benzene rings is 3. The van der Waals surface area contributed by atoms with E-state index in [9.17, 15) is 10.2 Å². The average molecular weight is 622 g/mol. The molecule has 5 nitrogen and oxygen atoms in total. The van der Waals surface area contributed by atoms with Crippen molar-refractivity contribution < 1.29 is 19.7 Å². The first-order chi connectivity index (χ1) is 20.6. The molecule has 0 fully saturated rings. The highest BCUT2D eigenvalue weighted by Gasteiger charge is 2.43. The maximum absolute atomic E-state index is 13.3. The summed E-state index contributed by atoms with van der Waals surface area (Å²) in [5.41, 5.74) is 1.86. The van der Waals surface area contributed by atoms with E-state index in [1.165, 1.54) is 0 Å². The van der Waals surface area contributed by atoms with E-state index in [1.54, 1.807) is 24.4 Å². The highest BCUT2D eigenvalue weighted by Crippen LogP contribution is 2.46. The van der Waals surface area contributed by atoms with Crippen molar-refractivity contribution in [3.8, 4) is 17.2 Å². The van der Waals surface area contributed by atoms with E-state index in [2.05, 4.69) is 79.7 Å². The third-order valence-corrected chi connectivity index (χ3v) is 8.29. The van der Waals surface area contributed by atoms with Gasteiger partial charge in [0.2, 0.25) is 0 Å². The number of ether oxygens (including phenoxy) is 2. The van der Waals surface area contributed by atoms with Crippen molar-refractivity contribution in [2.24, 2.45) is 4.99 Å². The van der Waals surface area contributed by atoms with Crippen molar-refractivity contribution in [3.05, 3.63) is 87.4 Å². The Kier molecular flexibility index (Phi) is 12.0. The number of nitrogens with zero attached hydrogens (tertiary/aromatic N) is 1. The summed E-state index contributed by atoms with van der Waals surface area (Å²) in [4.78, 5) is 4.88. The van der Waals surface area contributed by atoms with Crippen LogP contribution < -0.4 is 9.47 Å². The molecule has 0 bridgehead atoms. The van der Waals surface area contributed by atoms with Crippen molar-refractivity contribution in [2.75, 3.05) is 13.2 Å². The van der Waals surface area contributed by atoms with Crippen LogP contribution in [0, 0.1) is 0 Å². The molecule has 1 atom stereocenters. The average Bonchev–Trinajstić information content (AvgIpc) is 2.96. The molecule has 44 heavy (non-hydrogen) atoms. The van der Waals surface area contributed by atoms with Gasteiger partial charge in [0, 0.05) is 27.9 Å². The number of rotatable bonds is 13. The van der Waals surface area contributed by atoms with E-state index in [4.69, 9.17) is 26.1 Å². The smallest absolute Gasteiger partial charge is 0.144 e. The van der Waals surface area contributed by atoms with Gasteiger partial charge in [0.05, 0.1) is 19.3 Å². The molecule has 0 amide bonds. The number of hydrogen-bond acceptors (Lipinski definition) is 5. The first-order valence-corrected chi connectivity index (χ1v) is 16.3. The van der Waals surface area contributed by atoms with Crippen LogP contribution in [0.15, 0.2) is 59.6 Å². The van der Waals surface area contributed by atoms with Crippen LogP contribution in [0.25, 0.3) is 0 Å². The number of hydrogen-bond donors (Lipinski definition) is 2. The number of aromatic hydroxyl groups is 1. The third-order valence-electron chi connectivity index (χ3n) is 8.05. The molecule has 240 valence electrons. The fraction of sp³-hybridized carbons (Fsp3) is 0.500. The zero-order chi connectivity index (χ0) is 32.7. The fourth-order valence-electron chi connectivity index (χ4n) is 5.02. The maximum Gasteiger partial charge on any atom is 0.144 e. The van der Waals surface area contributed by atoms with E-state index in [0.29, 0.717) is 46.4 Å². The van der Waals surface area contributed by atoms with Gasteiger partial charge in [0.25, 0.3) is 0 Å². The molecular weight excluding hydrogens is 570 g/mol. The number of halogens is 1. The van der Waals surface area contributed by atoms with Gasteiger partial charge in [0.15, 0.2) is 0 Å². The number of aliphatic imine (C=N–C) groups is 1. The zero-order valence-corrected chi connectivity index (χ0v) is 28.9. The summed E-state index contributed by atoms with van der Waals surface area (Å²) in [5.74, 6) is 1.29. The highest BCUT2D eigenvalue weighted by molar-refractivity contribution is 6.30. The number of unbranched alkanes of at least 4 members (excludes halogenated alkanes) is 2. The molecule has 1 unspecified atom stereocenters. The second-order valence-corrected chi connectivity index (χ2v) is 14.2. The van der Waals surface area contributed by atoms with Gasteiger partial charge in [-0.25, -0.2) is 0 Å².